The van der Waals surface area contributed by atoms with E-state index in [1.54, 1.807) is 7.05 Å². The van der Waals surface area contributed by atoms with Crippen LogP contribution in [0.1, 0.15) is 20.8 Å². The third-order valence-corrected chi connectivity index (χ3v) is 2.51. The Balaban J connectivity index is 3.17. The SMILES string of the molecule is Cn1[nH]c(=O)c(=O)nc1SC(C)(C)C. The molecule has 0 aromatic carbocycles. The molecule has 1 aromatic rings. The second-order valence-corrected chi connectivity index (χ2v) is 5.71. The molecule has 1 heterocycles. The van der Waals surface area contributed by atoms with Gasteiger partial charge in [-0.05, 0) is 0 Å². The fourth-order valence-corrected chi connectivity index (χ4v) is 1.68. The van der Waals surface area contributed by atoms with Crippen molar-refractivity contribution < 1.29 is 0 Å². The molecular weight excluding hydrogens is 202 g/mol. The van der Waals surface area contributed by atoms with E-state index in [2.05, 4.69) is 10.1 Å². The van der Waals surface area contributed by atoms with E-state index in [0.717, 1.165) is 0 Å². The Hall–Kier alpha value is -1.04. The number of rotatable bonds is 1. The zero-order chi connectivity index (χ0) is 10.9. The molecule has 1 N–H and O–H groups in total. The van der Waals surface area contributed by atoms with Gasteiger partial charge in [-0.2, -0.15) is 4.98 Å². The maximum absolute atomic E-state index is 11.0. The highest BCUT2D eigenvalue weighted by molar-refractivity contribution is 8.00. The molecule has 5 nitrogen and oxygen atoms in total. The monoisotopic (exact) mass is 215 g/mol. The van der Waals surface area contributed by atoms with Gasteiger partial charge in [0.1, 0.15) is 0 Å². The van der Waals surface area contributed by atoms with Gasteiger partial charge >= 0.3 is 11.1 Å². The highest BCUT2D eigenvalue weighted by atomic mass is 32.2. The maximum atomic E-state index is 11.0. The molecule has 0 saturated heterocycles. The molecule has 6 heteroatoms. The topological polar surface area (TPSA) is 67.8 Å². The average Bonchev–Trinajstić information content (AvgIpc) is 1.97. The lowest BCUT2D eigenvalue weighted by atomic mass is 10.3. The van der Waals surface area contributed by atoms with Gasteiger partial charge in [0.2, 0.25) is 0 Å². The van der Waals surface area contributed by atoms with E-state index in [1.807, 2.05) is 20.8 Å². The summed E-state index contributed by atoms with van der Waals surface area (Å²) in [6.45, 7) is 6.03. The highest BCUT2D eigenvalue weighted by Crippen LogP contribution is 2.28. The first-order chi connectivity index (χ1) is 6.29. The predicted octanol–water partition coefficient (Wildman–Crippen LogP) is 0.359. The number of aryl methyl sites for hydroxylation is 1. The van der Waals surface area contributed by atoms with Gasteiger partial charge in [0.05, 0.1) is 0 Å². The molecule has 0 bridgehead atoms. The summed E-state index contributed by atoms with van der Waals surface area (Å²) < 4.78 is 1.41. The number of H-pyrrole nitrogens is 1. The number of nitrogens with one attached hydrogen (secondary N) is 1. The Morgan fingerprint density at radius 1 is 1.36 bits per heavy atom. The molecule has 0 saturated carbocycles. The summed E-state index contributed by atoms with van der Waals surface area (Å²) >= 11 is 1.43. The molecule has 0 unspecified atom stereocenters. The molecule has 0 spiro atoms. The van der Waals surface area contributed by atoms with E-state index in [1.165, 1.54) is 16.4 Å². The van der Waals surface area contributed by atoms with Crippen LogP contribution in [0.15, 0.2) is 14.7 Å². The third-order valence-electron chi connectivity index (χ3n) is 1.35. The fraction of sp³-hybridized carbons (Fsp3) is 0.625. The number of aromatic nitrogens is 3. The van der Waals surface area contributed by atoms with Crippen LogP contribution in [-0.4, -0.2) is 19.5 Å². The van der Waals surface area contributed by atoms with E-state index >= 15 is 0 Å². The van der Waals surface area contributed by atoms with Crippen LogP contribution in [0.3, 0.4) is 0 Å². The normalized spacial score (nSPS) is 11.7. The van der Waals surface area contributed by atoms with E-state index in [-0.39, 0.29) is 4.75 Å². The van der Waals surface area contributed by atoms with E-state index in [0.29, 0.717) is 5.16 Å². The van der Waals surface area contributed by atoms with Crippen LogP contribution in [0.2, 0.25) is 0 Å². The van der Waals surface area contributed by atoms with Gasteiger partial charge in [-0.15, -0.1) is 0 Å². The number of thioether (sulfide) groups is 1. The minimum Gasteiger partial charge on any atom is -0.265 e. The van der Waals surface area contributed by atoms with Crippen LogP contribution in [0, 0.1) is 0 Å². The van der Waals surface area contributed by atoms with Gasteiger partial charge in [-0.25, -0.2) is 0 Å². The molecule has 0 fully saturated rings. The molecule has 1 rings (SSSR count). The van der Waals surface area contributed by atoms with E-state index in [9.17, 15) is 9.59 Å². The first-order valence-electron chi connectivity index (χ1n) is 4.16. The number of hydrogen-bond donors (Lipinski definition) is 1. The van der Waals surface area contributed by atoms with Gasteiger partial charge in [0.25, 0.3) is 0 Å². The first kappa shape index (κ1) is 11.0. The van der Waals surface area contributed by atoms with Crippen LogP contribution in [-0.2, 0) is 7.05 Å². The Morgan fingerprint density at radius 2 is 1.93 bits per heavy atom. The number of hydrogen-bond acceptors (Lipinski definition) is 4. The zero-order valence-corrected chi connectivity index (χ0v) is 9.44. The molecule has 14 heavy (non-hydrogen) atoms. The highest BCUT2D eigenvalue weighted by Gasteiger charge is 2.15. The maximum Gasteiger partial charge on any atom is 0.339 e. The lowest BCUT2D eigenvalue weighted by Crippen LogP contribution is -2.34. The molecule has 0 radical (unpaired) electrons. The standard InChI is InChI=1S/C8H13N3O2S/c1-8(2,3)14-7-9-5(12)6(13)10-11(7)4/h1-4H3,(H,10,13). The molecule has 0 amide bonds. The molecule has 78 valence electrons. The lowest BCUT2D eigenvalue weighted by molar-refractivity contribution is 0.591. The first-order valence-corrected chi connectivity index (χ1v) is 4.97. The second kappa shape index (κ2) is 3.61. The zero-order valence-electron chi connectivity index (χ0n) is 8.62. The van der Waals surface area contributed by atoms with Crippen molar-refractivity contribution in [3.8, 4) is 0 Å². The summed E-state index contributed by atoms with van der Waals surface area (Å²) in [5, 5.41) is 2.91. The van der Waals surface area contributed by atoms with Crippen molar-refractivity contribution in [2.45, 2.75) is 30.7 Å². The molecule has 1 aromatic heterocycles. The van der Waals surface area contributed by atoms with Gasteiger partial charge in [-0.1, -0.05) is 32.5 Å². The van der Waals surface area contributed by atoms with Crippen molar-refractivity contribution in [1.82, 2.24) is 14.8 Å². The minimum atomic E-state index is -0.741. The second-order valence-electron chi connectivity index (χ2n) is 3.91. The molecular formula is C8H13N3O2S. The molecule has 0 aliphatic rings. The quantitative estimate of drug-likeness (QED) is 0.542. The largest absolute Gasteiger partial charge is 0.339 e. The number of aromatic amines is 1. The average molecular weight is 215 g/mol. The van der Waals surface area contributed by atoms with Crippen molar-refractivity contribution in [1.29, 1.82) is 0 Å². The van der Waals surface area contributed by atoms with E-state index in [4.69, 9.17) is 0 Å². The van der Waals surface area contributed by atoms with Crippen molar-refractivity contribution >= 4 is 11.8 Å². The fourth-order valence-electron chi connectivity index (χ4n) is 0.826. The molecule has 0 atom stereocenters. The summed E-state index contributed by atoms with van der Waals surface area (Å²) in [4.78, 5) is 25.6. The molecule has 0 aliphatic heterocycles. The van der Waals surface area contributed by atoms with Crippen molar-refractivity contribution in [2.24, 2.45) is 7.05 Å². The van der Waals surface area contributed by atoms with Crippen LogP contribution in [0.5, 0.6) is 0 Å². The Morgan fingerprint density at radius 3 is 2.43 bits per heavy atom. The van der Waals surface area contributed by atoms with E-state index < -0.39 is 11.1 Å². The van der Waals surface area contributed by atoms with Gasteiger partial charge in [0, 0.05) is 11.8 Å². The number of nitrogens with zero attached hydrogens (tertiary/aromatic N) is 2. The summed E-state index contributed by atoms with van der Waals surface area (Å²) in [5.74, 6) is 0. The van der Waals surface area contributed by atoms with Crippen LogP contribution < -0.4 is 11.1 Å². The lowest BCUT2D eigenvalue weighted by Gasteiger charge is -2.17. The van der Waals surface area contributed by atoms with Crippen LogP contribution in [0.4, 0.5) is 0 Å². The predicted molar refractivity (Wildman–Crippen MR) is 55.7 cm³/mol. The van der Waals surface area contributed by atoms with Crippen molar-refractivity contribution in [2.75, 3.05) is 0 Å². The molecule has 0 aliphatic carbocycles. The van der Waals surface area contributed by atoms with Crippen molar-refractivity contribution in [3.63, 3.8) is 0 Å². The summed E-state index contributed by atoms with van der Waals surface area (Å²) in [6, 6.07) is 0. The Bertz CT molecular complexity index is 441. The van der Waals surface area contributed by atoms with Crippen LogP contribution in [0.25, 0.3) is 0 Å². The van der Waals surface area contributed by atoms with Crippen LogP contribution >= 0.6 is 11.8 Å². The smallest absolute Gasteiger partial charge is 0.265 e. The summed E-state index contributed by atoms with van der Waals surface area (Å²) in [7, 11) is 1.65. The Labute approximate surface area is 85.5 Å². The third kappa shape index (κ3) is 2.73. The van der Waals surface area contributed by atoms with Gasteiger partial charge in [-0.3, -0.25) is 19.4 Å². The van der Waals surface area contributed by atoms with Gasteiger partial charge < -0.3 is 0 Å². The minimum absolute atomic E-state index is 0.0462. The van der Waals surface area contributed by atoms with Crippen molar-refractivity contribution in [3.05, 3.63) is 20.7 Å². The summed E-state index contributed by atoms with van der Waals surface area (Å²) in [5.41, 5.74) is -1.43. The Kier molecular flexibility index (Phi) is 2.84. The van der Waals surface area contributed by atoms with Gasteiger partial charge in [0.15, 0.2) is 5.16 Å². The summed E-state index contributed by atoms with van der Waals surface area (Å²) in [6.07, 6.45) is 0.